The molecule has 4 nitrogen and oxygen atoms in total. The molecule has 0 saturated heterocycles. The molecule has 0 aliphatic carbocycles. The van der Waals surface area contributed by atoms with Gasteiger partial charge < -0.3 is 9.88 Å². The normalized spacial score (nSPS) is 9.75. The van der Waals surface area contributed by atoms with Crippen LogP contribution >= 0.6 is 0 Å². The van der Waals surface area contributed by atoms with Crippen LogP contribution in [-0.2, 0) is 11.3 Å². The van der Waals surface area contributed by atoms with Crippen molar-refractivity contribution in [1.82, 2.24) is 14.9 Å². The first-order valence-electron chi connectivity index (χ1n) is 5.39. The summed E-state index contributed by atoms with van der Waals surface area (Å²) < 4.78 is 0. The zero-order valence-corrected chi connectivity index (χ0v) is 9.57. The molecule has 1 heterocycles. The Labute approximate surface area is 96.1 Å². The van der Waals surface area contributed by atoms with Crippen LogP contribution in [0.3, 0.4) is 0 Å². The molecule has 1 amide bonds. The topological polar surface area (TPSA) is 49.0 Å². The summed E-state index contributed by atoms with van der Waals surface area (Å²) in [5.41, 5.74) is 0. The summed E-state index contributed by atoms with van der Waals surface area (Å²) >= 11 is 0. The maximum Gasteiger partial charge on any atom is 0.222 e. The molecule has 0 spiro atoms. The SMILES string of the molecule is C#CCCCCC(=O)N(C)Cc1ncc[nH]1. The summed E-state index contributed by atoms with van der Waals surface area (Å²) in [6.45, 7) is 0.529. The summed E-state index contributed by atoms with van der Waals surface area (Å²) in [6.07, 6.45) is 11.6. The highest BCUT2D eigenvalue weighted by Gasteiger charge is 2.09. The molecule has 1 rings (SSSR count). The number of carbonyl (C=O) groups excluding carboxylic acids is 1. The van der Waals surface area contributed by atoms with Gasteiger partial charge in [-0.1, -0.05) is 0 Å². The molecule has 16 heavy (non-hydrogen) atoms. The Morgan fingerprint density at radius 2 is 2.44 bits per heavy atom. The minimum atomic E-state index is 0.133. The van der Waals surface area contributed by atoms with Gasteiger partial charge >= 0.3 is 0 Å². The molecular formula is C12H17N3O. The molecule has 0 aliphatic rings. The number of carbonyl (C=O) groups is 1. The fourth-order valence-corrected chi connectivity index (χ4v) is 1.39. The van der Waals surface area contributed by atoms with Crippen molar-refractivity contribution < 1.29 is 4.79 Å². The van der Waals surface area contributed by atoms with Crippen LogP contribution in [0.4, 0.5) is 0 Å². The van der Waals surface area contributed by atoms with E-state index in [-0.39, 0.29) is 5.91 Å². The first-order valence-corrected chi connectivity index (χ1v) is 5.39. The lowest BCUT2D eigenvalue weighted by molar-refractivity contribution is -0.130. The summed E-state index contributed by atoms with van der Waals surface area (Å²) in [7, 11) is 1.78. The summed E-state index contributed by atoms with van der Waals surface area (Å²) in [5, 5.41) is 0. The molecule has 1 N–H and O–H groups in total. The first-order chi connectivity index (χ1) is 7.74. The van der Waals surface area contributed by atoms with E-state index in [1.165, 1.54) is 0 Å². The average Bonchev–Trinajstić information content (AvgIpc) is 2.76. The van der Waals surface area contributed by atoms with Crippen LogP contribution in [0.2, 0.25) is 0 Å². The van der Waals surface area contributed by atoms with Gasteiger partial charge in [0.25, 0.3) is 0 Å². The Kier molecular flexibility index (Phi) is 5.13. The van der Waals surface area contributed by atoms with Gasteiger partial charge in [-0.05, 0) is 12.8 Å². The van der Waals surface area contributed by atoms with Gasteiger partial charge in [0.05, 0.1) is 6.54 Å². The quantitative estimate of drug-likeness (QED) is 0.583. The number of rotatable bonds is 6. The zero-order chi connectivity index (χ0) is 11.8. The number of unbranched alkanes of at least 4 members (excludes halogenated alkanes) is 2. The predicted molar refractivity (Wildman–Crippen MR) is 62.4 cm³/mol. The van der Waals surface area contributed by atoms with Gasteiger partial charge in [-0.3, -0.25) is 4.79 Å². The third kappa shape index (κ3) is 4.18. The fraction of sp³-hybridized carbons (Fsp3) is 0.500. The maximum atomic E-state index is 11.7. The van der Waals surface area contributed by atoms with Crippen molar-refractivity contribution in [3.8, 4) is 12.3 Å². The maximum absolute atomic E-state index is 11.7. The van der Waals surface area contributed by atoms with Crippen LogP contribution in [0.5, 0.6) is 0 Å². The van der Waals surface area contributed by atoms with E-state index < -0.39 is 0 Å². The van der Waals surface area contributed by atoms with Gasteiger partial charge in [-0.25, -0.2) is 4.98 Å². The molecular weight excluding hydrogens is 202 g/mol. The first kappa shape index (κ1) is 12.3. The van der Waals surface area contributed by atoms with Crippen molar-refractivity contribution >= 4 is 5.91 Å². The number of hydrogen-bond donors (Lipinski definition) is 1. The number of hydrogen-bond acceptors (Lipinski definition) is 2. The van der Waals surface area contributed by atoms with E-state index in [9.17, 15) is 4.79 Å². The second kappa shape index (κ2) is 6.67. The largest absolute Gasteiger partial charge is 0.347 e. The van der Waals surface area contributed by atoms with E-state index in [4.69, 9.17) is 6.42 Å². The lowest BCUT2D eigenvalue weighted by Gasteiger charge is -2.15. The van der Waals surface area contributed by atoms with Gasteiger partial charge in [0.1, 0.15) is 5.82 Å². The smallest absolute Gasteiger partial charge is 0.222 e. The Bertz CT molecular complexity index is 351. The van der Waals surface area contributed by atoms with Gasteiger partial charge in [0.2, 0.25) is 5.91 Å². The highest BCUT2D eigenvalue weighted by atomic mass is 16.2. The van der Waals surface area contributed by atoms with Crippen molar-refractivity contribution in [2.24, 2.45) is 0 Å². The Balaban J connectivity index is 2.23. The monoisotopic (exact) mass is 219 g/mol. The van der Waals surface area contributed by atoms with Crippen LogP contribution in [0, 0.1) is 12.3 Å². The van der Waals surface area contributed by atoms with Gasteiger partial charge in [0, 0.05) is 32.3 Å². The Morgan fingerprint density at radius 1 is 1.62 bits per heavy atom. The summed E-state index contributed by atoms with van der Waals surface area (Å²) in [5.74, 6) is 3.50. The van der Waals surface area contributed by atoms with Crippen LogP contribution in [0.1, 0.15) is 31.5 Å². The average molecular weight is 219 g/mol. The molecule has 0 bridgehead atoms. The minimum absolute atomic E-state index is 0.133. The molecule has 1 aromatic rings. The van der Waals surface area contributed by atoms with Crippen molar-refractivity contribution in [2.75, 3.05) is 7.05 Å². The van der Waals surface area contributed by atoms with E-state index in [1.54, 1.807) is 24.3 Å². The van der Waals surface area contributed by atoms with Gasteiger partial charge in [0.15, 0.2) is 0 Å². The Hall–Kier alpha value is -1.76. The highest BCUT2D eigenvalue weighted by Crippen LogP contribution is 2.04. The van der Waals surface area contributed by atoms with Gasteiger partial charge in [-0.15, -0.1) is 12.3 Å². The molecule has 4 heteroatoms. The van der Waals surface area contributed by atoms with Crippen molar-refractivity contribution in [2.45, 2.75) is 32.2 Å². The summed E-state index contributed by atoms with van der Waals surface area (Å²) in [4.78, 5) is 20.4. The van der Waals surface area contributed by atoms with Crippen LogP contribution in [-0.4, -0.2) is 27.8 Å². The molecule has 0 fully saturated rings. The molecule has 0 aromatic carbocycles. The fourth-order valence-electron chi connectivity index (χ4n) is 1.39. The minimum Gasteiger partial charge on any atom is -0.347 e. The van der Waals surface area contributed by atoms with E-state index >= 15 is 0 Å². The van der Waals surface area contributed by atoms with E-state index in [2.05, 4.69) is 15.9 Å². The molecule has 0 saturated carbocycles. The number of aromatic amines is 1. The number of H-pyrrole nitrogens is 1. The van der Waals surface area contributed by atoms with Crippen molar-refractivity contribution in [1.29, 1.82) is 0 Å². The lowest BCUT2D eigenvalue weighted by Crippen LogP contribution is -2.26. The Morgan fingerprint density at radius 3 is 3.06 bits per heavy atom. The zero-order valence-electron chi connectivity index (χ0n) is 9.57. The number of terminal acetylenes is 1. The van der Waals surface area contributed by atoms with E-state index in [0.29, 0.717) is 13.0 Å². The van der Waals surface area contributed by atoms with Crippen molar-refractivity contribution in [3.63, 3.8) is 0 Å². The second-order valence-corrected chi connectivity index (χ2v) is 3.70. The third-order valence-corrected chi connectivity index (χ3v) is 2.33. The van der Waals surface area contributed by atoms with Crippen molar-refractivity contribution in [3.05, 3.63) is 18.2 Å². The number of nitrogens with one attached hydrogen (secondary N) is 1. The number of imidazole rings is 1. The van der Waals surface area contributed by atoms with Gasteiger partial charge in [-0.2, -0.15) is 0 Å². The van der Waals surface area contributed by atoms with E-state index in [1.807, 2.05) is 0 Å². The predicted octanol–water partition coefficient (Wildman–Crippen LogP) is 1.56. The van der Waals surface area contributed by atoms with Crippen LogP contribution in [0.15, 0.2) is 12.4 Å². The number of amides is 1. The van der Waals surface area contributed by atoms with E-state index in [0.717, 1.165) is 25.1 Å². The molecule has 0 radical (unpaired) electrons. The number of aromatic nitrogens is 2. The molecule has 1 aromatic heterocycles. The summed E-state index contributed by atoms with van der Waals surface area (Å²) in [6, 6.07) is 0. The standard InChI is InChI=1S/C12H17N3O/c1-3-4-5-6-7-12(16)15(2)10-11-13-8-9-14-11/h1,8-9H,4-7,10H2,2H3,(H,13,14). The second-order valence-electron chi connectivity index (χ2n) is 3.70. The molecule has 0 atom stereocenters. The molecule has 0 aliphatic heterocycles. The molecule has 86 valence electrons. The highest BCUT2D eigenvalue weighted by molar-refractivity contribution is 5.75. The molecule has 0 unspecified atom stereocenters. The third-order valence-electron chi connectivity index (χ3n) is 2.33. The number of nitrogens with zero attached hydrogens (tertiary/aromatic N) is 2. The lowest BCUT2D eigenvalue weighted by atomic mass is 10.2. The van der Waals surface area contributed by atoms with Crippen LogP contribution < -0.4 is 0 Å². The van der Waals surface area contributed by atoms with Crippen LogP contribution in [0.25, 0.3) is 0 Å².